The van der Waals surface area contributed by atoms with Crippen molar-refractivity contribution in [2.45, 2.75) is 76.1 Å². The van der Waals surface area contributed by atoms with E-state index in [0.29, 0.717) is 50.8 Å². The molecule has 3 aromatic rings. The summed E-state index contributed by atoms with van der Waals surface area (Å²) >= 11 is 1.18. The molecule has 1 fully saturated rings. The van der Waals surface area contributed by atoms with Gasteiger partial charge in [0.15, 0.2) is 11.4 Å². The highest BCUT2D eigenvalue weighted by molar-refractivity contribution is 7.89. The molecule has 16 heteroatoms. The monoisotopic (exact) mass is 640 g/mol. The molecule has 2 aromatic heterocycles. The first kappa shape index (κ1) is 31.1. The second kappa shape index (κ2) is 11.3. The first-order valence-electron chi connectivity index (χ1n) is 13.5. The maximum absolute atomic E-state index is 13.6. The van der Waals surface area contributed by atoms with Crippen LogP contribution in [0.2, 0.25) is 0 Å². The Kier molecular flexibility index (Phi) is 8.19. The van der Waals surface area contributed by atoms with E-state index in [1.165, 1.54) is 23.5 Å². The van der Waals surface area contributed by atoms with Crippen LogP contribution in [0.4, 0.5) is 29.9 Å². The van der Waals surface area contributed by atoms with Gasteiger partial charge in [0.05, 0.1) is 21.0 Å². The highest BCUT2D eigenvalue weighted by Gasteiger charge is 2.46. The van der Waals surface area contributed by atoms with E-state index < -0.39 is 58.0 Å². The Hall–Kier alpha value is -3.31. The number of hydrogen-bond donors (Lipinski definition) is 4. The number of sulfonamides is 1. The Morgan fingerprint density at radius 2 is 1.86 bits per heavy atom. The zero-order valence-corrected chi connectivity index (χ0v) is 25.3. The fraction of sp³-hybridized carbons (Fsp3) is 0.444. The van der Waals surface area contributed by atoms with E-state index in [9.17, 15) is 36.6 Å². The number of aryl methyl sites for hydroxylation is 1. The summed E-state index contributed by atoms with van der Waals surface area (Å²) in [6, 6.07) is 5.32. The summed E-state index contributed by atoms with van der Waals surface area (Å²) in [5, 5.41) is 23.6. The predicted octanol–water partition coefficient (Wildman–Crippen LogP) is 3.74. The summed E-state index contributed by atoms with van der Waals surface area (Å²) < 4.78 is 69.8. The third-order valence-corrected chi connectivity index (χ3v) is 10.1. The average molecular weight is 641 g/mol. The molecule has 2 aliphatic heterocycles. The zero-order valence-electron chi connectivity index (χ0n) is 23.7. The molecule has 2 aliphatic rings. The van der Waals surface area contributed by atoms with Gasteiger partial charge in [-0.3, -0.25) is 4.79 Å². The van der Waals surface area contributed by atoms with Gasteiger partial charge in [0.25, 0.3) is 5.91 Å². The molecule has 1 saturated heterocycles. The number of carbonyl (C=O) groups is 1. The van der Waals surface area contributed by atoms with Gasteiger partial charge in [-0.05, 0) is 69.5 Å². The molecule has 0 spiro atoms. The van der Waals surface area contributed by atoms with Gasteiger partial charge in [0.1, 0.15) is 23.8 Å². The minimum absolute atomic E-state index is 0.172. The number of amides is 1. The summed E-state index contributed by atoms with van der Waals surface area (Å²) in [5.74, 6) is -0.136. The van der Waals surface area contributed by atoms with E-state index in [2.05, 4.69) is 20.0 Å². The van der Waals surface area contributed by atoms with Gasteiger partial charge in [0, 0.05) is 19.1 Å². The smallest absolute Gasteiger partial charge is 0.388 e. The van der Waals surface area contributed by atoms with Crippen LogP contribution in [0.3, 0.4) is 0 Å². The van der Waals surface area contributed by atoms with Crippen molar-refractivity contribution in [3.05, 3.63) is 47.2 Å². The molecular weight excluding hydrogens is 609 g/mol. The molecule has 1 amide bonds. The van der Waals surface area contributed by atoms with Gasteiger partial charge < -0.3 is 25.3 Å². The van der Waals surface area contributed by atoms with Gasteiger partial charge in [-0.1, -0.05) is 17.4 Å². The number of aliphatic hydroxyl groups excluding tert-OH is 2. The van der Waals surface area contributed by atoms with Crippen LogP contribution in [-0.2, 0) is 16.6 Å². The van der Waals surface area contributed by atoms with Crippen LogP contribution in [0.5, 0.6) is 0 Å². The molecule has 4 heterocycles. The summed E-state index contributed by atoms with van der Waals surface area (Å²) in [6.07, 6.45) is -6.24. The molecule has 11 nitrogen and oxygen atoms in total. The van der Waals surface area contributed by atoms with Gasteiger partial charge in [0.2, 0.25) is 10.0 Å². The standard InChI is InChI=1S/C27H31F3N6O5S2/c1-13(2)34-43(40,41)19-11-16(10-17-12-36(25(39)22(17)19)15(4)27(28,29)30)23-14(3)31-26(42-23)33-20-6-5-7-21(32-20)35-9-8-18(37)24(35)38/h5-7,10-11,13,15,18,24,34,37-38H,8-9,12H2,1-4H3,(H,31,32,33)/t15-,18-,24?/m0/s1. The Morgan fingerprint density at radius 3 is 2.49 bits per heavy atom. The number of rotatable bonds is 8. The minimum Gasteiger partial charge on any atom is -0.388 e. The van der Waals surface area contributed by atoms with Crippen molar-refractivity contribution in [2.24, 2.45) is 0 Å². The van der Waals surface area contributed by atoms with E-state index >= 15 is 0 Å². The molecule has 1 unspecified atom stereocenters. The molecule has 4 N–H and O–H groups in total. The summed E-state index contributed by atoms with van der Waals surface area (Å²) in [7, 11) is -4.27. The minimum atomic E-state index is -4.69. The topological polar surface area (TPSA) is 148 Å². The van der Waals surface area contributed by atoms with Crippen molar-refractivity contribution in [3.63, 3.8) is 0 Å². The van der Waals surface area contributed by atoms with E-state index in [-0.39, 0.29) is 11.1 Å². The molecule has 0 aliphatic carbocycles. The number of carbonyl (C=O) groups excluding carboxylic acids is 1. The summed E-state index contributed by atoms with van der Waals surface area (Å²) in [6.45, 7) is 5.80. The SMILES string of the molecule is Cc1nc(Nc2cccc(N3CC[C@H](O)C3O)n2)sc1-c1cc2c(c(S(=O)(=O)NC(C)C)c1)C(=O)N([C@@H](C)C(F)(F)F)C2. The number of benzene rings is 1. The Bertz CT molecular complexity index is 1660. The lowest BCUT2D eigenvalue weighted by Gasteiger charge is -2.26. The number of halogens is 3. The van der Waals surface area contributed by atoms with Crippen molar-refractivity contribution in [1.29, 1.82) is 0 Å². The first-order chi connectivity index (χ1) is 20.1. The van der Waals surface area contributed by atoms with Gasteiger partial charge in [-0.2, -0.15) is 13.2 Å². The molecule has 5 rings (SSSR count). The quantitative estimate of drug-likeness (QED) is 0.289. The lowest BCUT2D eigenvalue weighted by atomic mass is 10.0. The van der Waals surface area contributed by atoms with E-state index in [1.807, 2.05) is 0 Å². The third-order valence-electron chi connectivity index (χ3n) is 7.27. The predicted molar refractivity (Wildman–Crippen MR) is 155 cm³/mol. The lowest BCUT2D eigenvalue weighted by Crippen LogP contribution is -2.43. The van der Waals surface area contributed by atoms with E-state index in [0.717, 1.165) is 6.92 Å². The zero-order chi connectivity index (χ0) is 31.4. The highest BCUT2D eigenvalue weighted by Crippen LogP contribution is 2.41. The summed E-state index contributed by atoms with van der Waals surface area (Å²) in [4.78, 5) is 24.6. The maximum atomic E-state index is 13.6. The van der Waals surface area contributed by atoms with Gasteiger partial charge in [-0.25, -0.2) is 23.1 Å². The highest BCUT2D eigenvalue weighted by atomic mass is 32.2. The normalized spacial score (nSPS) is 19.8. The third kappa shape index (κ3) is 6.06. The van der Waals surface area contributed by atoms with Crippen LogP contribution in [0.15, 0.2) is 35.2 Å². The second-order valence-electron chi connectivity index (χ2n) is 10.8. The Morgan fingerprint density at radius 1 is 1.14 bits per heavy atom. The van der Waals surface area contributed by atoms with Crippen molar-refractivity contribution < 1.29 is 36.6 Å². The number of alkyl halides is 3. The molecular formula is C27H31F3N6O5S2. The average Bonchev–Trinajstić information content (AvgIpc) is 3.56. The number of fused-ring (bicyclic) bond motifs is 1. The van der Waals surface area contributed by atoms with E-state index in [4.69, 9.17) is 0 Å². The number of nitrogens with zero attached hydrogens (tertiary/aromatic N) is 4. The van der Waals surface area contributed by atoms with Gasteiger partial charge in [-0.15, -0.1) is 0 Å². The molecule has 1 aromatic carbocycles. The number of aromatic nitrogens is 2. The first-order valence-corrected chi connectivity index (χ1v) is 15.8. The van der Waals surface area contributed by atoms with Crippen molar-refractivity contribution in [2.75, 3.05) is 16.8 Å². The number of hydrogen-bond acceptors (Lipinski definition) is 10. The molecule has 43 heavy (non-hydrogen) atoms. The fourth-order valence-electron chi connectivity index (χ4n) is 5.14. The summed E-state index contributed by atoms with van der Waals surface area (Å²) in [5.41, 5.74) is 0.803. The number of anilines is 3. The number of nitrogens with one attached hydrogen (secondary N) is 2. The number of pyridine rings is 1. The molecule has 0 radical (unpaired) electrons. The Balaban J connectivity index is 1.51. The van der Waals surface area contributed by atoms with Crippen molar-refractivity contribution in [3.8, 4) is 10.4 Å². The number of thiazole rings is 1. The van der Waals surface area contributed by atoms with Gasteiger partial charge >= 0.3 is 6.18 Å². The Labute approximate surface area is 250 Å². The van der Waals surface area contributed by atoms with Crippen molar-refractivity contribution in [1.82, 2.24) is 19.6 Å². The lowest BCUT2D eigenvalue weighted by molar-refractivity contribution is -0.172. The maximum Gasteiger partial charge on any atom is 0.408 e. The largest absolute Gasteiger partial charge is 0.408 e. The molecule has 0 bridgehead atoms. The molecule has 232 valence electrons. The van der Waals surface area contributed by atoms with Crippen LogP contribution < -0.4 is 14.9 Å². The van der Waals surface area contributed by atoms with Crippen LogP contribution in [0.25, 0.3) is 10.4 Å². The van der Waals surface area contributed by atoms with Crippen LogP contribution in [-0.4, -0.2) is 76.5 Å². The van der Waals surface area contributed by atoms with E-state index in [1.54, 1.807) is 43.9 Å². The number of aliphatic hydroxyl groups is 2. The fourth-order valence-corrected chi connectivity index (χ4v) is 7.61. The van der Waals surface area contributed by atoms with Crippen LogP contribution in [0, 0.1) is 6.92 Å². The molecule has 0 saturated carbocycles. The second-order valence-corrected chi connectivity index (χ2v) is 13.5. The molecule has 3 atom stereocenters. The van der Waals surface area contributed by atoms with Crippen LogP contribution in [0.1, 0.15) is 48.8 Å². The van der Waals surface area contributed by atoms with Crippen molar-refractivity contribution >= 4 is 44.0 Å². The van der Waals surface area contributed by atoms with Crippen LogP contribution >= 0.6 is 11.3 Å².